The van der Waals surface area contributed by atoms with Crippen molar-refractivity contribution in [2.75, 3.05) is 6.54 Å². The zero-order chi connectivity index (χ0) is 13.9. The van der Waals surface area contributed by atoms with E-state index in [0.29, 0.717) is 18.8 Å². The summed E-state index contributed by atoms with van der Waals surface area (Å²) >= 11 is 0. The van der Waals surface area contributed by atoms with Gasteiger partial charge in [0.1, 0.15) is 5.41 Å². The van der Waals surface area contributed by atoms with Crippen LogP contribution in [0.5, 0.6) is 0 Å². The summed E-state index contributed by atoms with van der Waals surface area (Å²) in [5, 5.41) is 14.9. The monoisotopic (exact) mass is 267 g/mol. The Hall–Kier alpha value is -1.26. The van der Waals surface area contributed by atoms with Crippen LogP contribution < -0.4 is 11.1 Å². The van der Waals surface area contributed by atoms with Crippen LogP contribution in [0.1, 0.15) is 51.9 Å². The standard InChI is InChI=1S/C14H25N3O2/c1-10-3-5-11(6-4-10)9-16-13(18)14(7-2-8-14)12(15)17-19/h10-11,19H,2-9H2,1H3,(H2,15,17)(H,16,18). The summed E-state index contributed by atoms with van der Waals surface area (Å²) in [5.41, 5.74) is 4.94. The zero-order valence-corrected chi connectivity index (χ0v) is 11.7. The molecule has 0 spiro atoms. The van der Waals surface area contributed by atoms with E-state index in [0.717, 1.165) is 18.9 Å². The van der Waals surface area contributed by atoms with Gasteiger partial charge in [-0.05, 0) is 37.5 Å². The molecular weight excluding hydrogens is 242 g/mol. The first-order chi connectivity index (χ1) is 9.08. The third-order valence-electron chi connectivity index (χ3n) is 4.93. The zero-order valence-electron chi connectivity index (χ0n) is 11.7. The highest BCUT2D eigenvalue weighted by molar-refractivity contribution is 6.07. The third-order valence-corrected chi connectivity index (χ3v) is 4.93. The molecule has 0 atom stereocenters. The van der Waals surface area contributed by atoms with E-state index in [1.165, 1.54) is 25.7 Å². The molecule has 2 aliphatic rings. The van der Waals surface area contributed by atoms with Gasteiger partial charge in [-0.2, -0.15) is 0 Å². The van der Waals surface area contributed by atoms with Gasteiger partial charge in [-0.25, -0.2) is 0 Å². The molecule has 0 heterocycles. The molecule has 2 aliphatic carbocycles. The molecule has 0 aromatic carbocycles. The number of nitrogens with two attached hydrogens (primary N) is 1. The summed E-state index contributed by atoms with van der Waals surface area (Å²) in [6.07, 6.45) is 7.24. The minimum Gasteiger partial charge on any atom is -0.409 e. The van der Waals surface area contributed by atoms with Gasteiger partial charge in [0.25, 0.3) is 0 Å². The summed E-state index contributed by atoms with van der Waals surface area (Å²) in [6, 6.07) is 0. The Morgan fingerprint density at radius 1 is 1.37 bits per heavy atom. The van der Waals surface area contributed by atoms with Crippen molar-refractivity contribution in [3.05, 3.63) is 0 Å². The Bertz CT molecular complexity index is 356. The lowest BCUT2D eigenvalue weighted by Crippen LogP contribution is -2.54. The second-order valence-corrected chi connectivity index (χ2v) is 6.26. The van der Waals surface area contributed by atoms with Crippen LogP contribution >= 0.6 is 0 Å². The smallest absolute Gasteiger partial charge is 0.233 e. The van der Waals surface area contributed by atoms with Crippen molar-refractivity contribution in [2.45, 2.75) is 51.9 Å². The number of carbonyl (C=O) groups excluding carboxylic acids is 1. The number of carbonyl (C=O) groups is 1. The molecule has 4 N–H and O–H groups in total. The lowest BCUT2D eigenvalue weighted by Gasteiger charge is -2.39. The minimum absolute atomic E-state index is 0.0623. The summed E-state index contributed by atoms with van der Waals surface area (Å²) in [4.78, 5) is 12.3. The van der Waals surface area contributed by atoms with Crippen LogP contribution in [0.25, 0.3) is 0 Å². The van der Waals surface area contributed by atoms with E-state index in [9.17, 15) is 4.79 Å². The molecular formula is C14H25N3O2. The van der Waals surface area contributed by atoms with Crippen molar-refractivity contribution in [1.29, 1.82) is 0 Å². The molecule has 2 fully saturated rings. The number of nitrogens with zero attached hydrogens (tertiary/aromatic N) is 1. The Morgan fingerprint density at radius 3 is 2.47 bits per heavy atom. The maximum absolute atomic E-state index is 12.3. The second-order valence-electron chi connectivity index (χ2n) is 6.26. The first-order valence-corrected chi connectivity index (χ1v) is 7.35. The normalized spacial score (nSPS) is 30.5. The van der Waals surface area contributed by atoms with Gasteiger partial charge < -0.3 is 16.3 Å². The van der Waals surface area contributed by atoms with E-state index in [-0.39, 0.29) is 11.7 Å². The number of hydrogen-bond donors (Lipinski definition) is 3. The molecule has 0 bridgehead atoms. The Balaban J connectivity index is 1.84. The van der Waals surface area contributed by atoms with E-state index >= 15 is 0 Å². The summed E-state index contributed by atoms with van der Waals surface area (Å²) < 4.78 is 0. The topological polar surface area (TPSA) is 87.7 Å². The predicted octanol–water partition coefficient (Wildman–Crippen LogP) is 1.85. The van der Waals surface area contributed by atoms with E-state index in [4.69, 9.17) is 10.9 Å². The van der Waals surface area contributed by atoms with E-state index in [1.807, 2.05) is 0 Å². The molecule has 108 valence electrons. The lowest BCUT2D eigenvalue weighted by atomic mass is 9.67. The number of amides is 1. The highest BCUT2D eigenvalue weighted by Crippen LogP contribution is 2.41. The van der Waals surface area contributed by atoms with Gasteiger partial charge in [0.2, 0.25) is 5.91 Å². The fourth-order valence-corrected chi connectivity index (χ4v) is 3.17. The first-order valence-electron chi connectivity index (χ1n) is 7.35. The van der Waals surface area contributed by atoms with E-state index < -0.39 is 5.41 Å². The largest absolute Gasteiger partial charge is 0.409 e. The van der Waals surface area contributed by atoms with Gasteiger partial charge in [0.05, 0.1) is 0 Å². The maximum Gasteiger partial charge on any atom is 0.233 e. The lowest BCUT2D eigenvalue weighted by molar-refractivity contribution is -0.131. The van der Waals surface area contributed by atoms with Crippen molar-refractivity contribution >= 4 is 11.7 Å². The van der Waals surface area contributed by atoms with E-state index in [1.54, 1.807) is 0 Å². The number of oxime groups is 1. The molecule has 1 amide bonds. The Kier molecular flexibility index (Phi) is 4.32. The average molecular weight is 267 g/mol. The Morgan fingerprint density at radius 2 is 2.00 bits per heavy atom. The van der Waals surface area contributed by atoms with Crippen molar-refractivity contribution in [3.63, 3.8) is 0 Å². The summed E-state index contributed by atoms with van der Waals surface area (Å²) in [5.74, 6) is 1.41. The Labute approximate surface area is 114 Å². The van der Waals surface area contributed by atoms with E-state index in [2.05, 4.69) is 17.4 Å². The van der Waals surface area contributed by atoms with Gasteiger partial charge in [0.15, 0.2) is 5.84 Å². The average Bonchev–Trinajstić information content (AvgIpc) is 2.36. The molecule has 0 aromatic heterocycles. The SMILES string of the molecule is CC1CCC(CNC(=O)C2(C(N)=NO)CCC2)CC1. The van der Waals surface area contributed by atoms with Gasteiger partial charge in [-0.3, -0.25) is 4.79 Å². The maximum atomic E-state index is 12.3. The quantitative estimate of drug-likeness (QED) is 0.314. The van der Waals surface area contributed by atoms with Gasteiger partial charge in [-0.1, -0.05) is 31.3 Å². The summed E-state index contributed by atoms with van der Waals surface area (Å²) in [7, 11) is 0. The molecule has 0 aliphatic heterocycles. The third kappa shape index (κ3) is 2.85. The number of rotatable bonds is 4. The number of hydrogen-bond acceptors (Lipinski definition) is 3. The van der Waals surface area contributed by atoms with Crippen molar-refractivity contribution in [3.8, 4) is 0 Å². The van der Waals surface area contributed by atoms with Crippen molar-refractivity contribution in [2.24, 2.45) is 28.1 Å². The molecule has 5 nitrogen and oxygen atoms in total. The molecule has 2 saturated carbocycles. The fourth-order valence-electron chi connectivity index (χ4n) is 3.17. The van der Waals surface area contributed by atoms with Gasteiger partial charge in [-0.15, -0.1) is 0 Å². The van der Waals surface area contributed by atoms with Crippen LogP contribution in [-0.2, 0) is 4.79 Å². The molecule has 5 heteroatoms. The van der Waals surface area contributed by atoms with Crippen LogP contribution in [0.15, 0.2) is 5.16 Å². The summed E-state index contributed by atoms with van der Waals surface area (Å²) in [6.45, 7) is 3.02. The highest BCUT2D eigenvalue weighted by atomic mass is 16.4. The molecule has 2 rings (SSSR count). The van der Waals surface area contributed by atoms with Crippen LogP contribution in [0.4, 0.5) is 0 Å². The molecule has 0 aromatic rings. The van der Waals surface area contributed by atoms with Gasteiger partial charge in [0, 0.05) is 6.54 Å². The van der Waals surface area contributed by atoms with Crippen molar-refractivity contribution in [1.82, 2.24) is 5.32 Å². The molecule has 0 saturated heterocycles. The van der Waals surface area contributed by atoms with Crippen LogP contribution in [0.3, 0.4) is 0 Å². The molecule has 0 radical (unpaired) electrons. The van der Waals surface area contributed by atoms with Crippen molar-refractivity contribution < 1.29 is 10.0 Å². The second kappa shape index (κ2) is 5.80. The molecule has 0 unspecified atom stereocenters. The highest BCUT2D eigenvalue weighted by Gasteiger charge is 2.48. The fraction of sp³-hybridized carbons (Fsp3) is 0.857. The van der Waals surface area contributed by atoms with Crippen LogP contribution in [0, 0.1) is 17.3 Å². The minimum atomic E-state index is -0.739. The molecule has 19 heavy (non-hydrogen) atoms. The number of amidine groups is 1. The van der Waals surface area contributed by atoms with Crippen LogP contribution in [0.2, 0.25) is 0 Å². The number of nitrogens with one attached hydrogen (secondary N) is 1. The first kappa shape index (κ1) is 14.2. The predicted molar refractivity (Wildman–Crippen MR) is 73.8 cm³/mol. The van der Waals surface area contributed by atoms with Crippen LogP contribution in [-0.4, -0.2) is 23.5 Å². The van der Waals surface area contributed by atoms with Gasteiger partial charge >= 0.3 is 0 Å².